The van der Waals surface area contributed by atoms with E-state index >= 15 is 0 Å². The molecule has 1 fully saturated rings. The number of hydrogen-bond acceptors (Lipinski definition) is 4. The van der Waals surface area contributed by atoms with Crippen molar-refractivity contribution in [2.24, 2.45) is 5.92 Å². The third-order valence-electron chi connectivity index (χ3n) is 3.53. The van der Waals surface area contributed by atoms with E-state index in [1.807, 2.05) is 25.7 Å². The van der Waals surface area contributed by atoms with Crippen molar-refractivity contribution in [3.05, 3.63) is 24.0 Å². The highest BCUT2D eigenvalue weighted by Gasteiger charge is 2.25. The van der Waals surface area contributed by atoms with Crippen LogP contribution in [0.4, 0.5) is 20.6 Å². The first-order valence-corrected chi connectivity index (χ1v) is 7.51. The van der Waals surface area contributed by atoms with Crippen LogP contribution in [0.1, 0.15) is 27.2 Å². The summed E-state index contributed by atoms with van der Waals surface area (Å²) in [7, 11) is 0. The maximum absolute atomic E-state index is 13.9. The average molecular weight is 309 g/mol. The molecule has 5 nitrogen and oxygen atoms in total. The zero-order valence-electron chi connectivity index (χ0n) is 13.4. The van der Waals surface area contributed by atoms with Crippen LogP contribution in [0.3, 0.4) is 0 Å². The molecule has 1 aromatic carbocycles. The van der Waals surface area contributed by atoms with Crippen molar-refractivity contribution in [2.75, 3.05) is 30.3 Å². The first-order valence-electron chi connectivity index (χ1n) is 7.51. The van der Waals surface area contributed by atoms with Gasteiger partial charge in [-0.3, -0.25) is 0 Å². The molecule has 1 aliphatic rings. The highest BCUT2D eigenvalue weighted by Crippen LogP contribution is 2.27. The Labute approximate surface area is 130 Å². The van der Waals surface area contributed by atoms with E-state index in [1.54, 1.807) is 12.1 Å². The lowest BCUT2D eigenvalue weighted by atomic mass is 10.1. The highest BCUT2D eigenvalue weighted by atomic mass is 19.1. The van der Waals surface area contributed by atoms with E-state index in [2.05, 4.69) is 5.32 Å². The Hall–Kier alpha value is -1.98. The lowest BCUT2D eigenvalue weighted by molar-refractivity contribution is 0.0520. The van der Waals surface area contributed by atoms with Crippen LogP contribution in [-0.2, 0) is 4.74 Å². The third kappa shape index (κ3) is 4.51. The summed E-state index contributed by atoms with van der Waals surface area (Å²) in [6, 6.07) is 4.74. The summed E-state index contributed by atoms with van der Waals surface area (Å²) in [5.41, 5.74) is 6.05. The number of ether oxygens (including phenoxy) is 1. The topological polar surface area (TPSA) is 67.6 Å². The average Bonchev–Trinajstić information content (AvgIpc) is 2.83. The van der Waals surface area contributed by atoms with Crippen molar-refractivity contribution in [1.82, 2.24) is 5.32 Å². The molecule has 3 N–H and O–H groups in total. The summed E-state index contributed by atoms with van der Waals surface area (Å²) in [6.07, 6.45) is 0.490. The molecule has 0 bridgehead atoms. The molecule has 1 aromatic rings. The van der Waals surface area contributed by atoms with E-state index in [0.717, 1.165) is 13.0 Å². The van der Waals surface area contributed by atoms with Crippen LogP contribution in [-0.4, -0.2) is 31.3 Å². The number of halogens is 1. The van der Waals surface area contributed by atoms with Gasteiger partial charge in [0, 0.05) is 25.3 Å². The number of nitrogens with zero attached hydrogens (tertiary/aromatic N) is 1. The molecule has 0 radical (unpaired) electrons. The molecule has 2 rings (SSSR count). The van der Waals surface area contributed by atoms with E-state index in [1.165, 1.54) is 6.07 Å². The van der Waals surface area contributed by atoms with Gasteiger partial charge in [-0.2, -0.15) is 0 Å². The molecular weight excluding hydrogens is 285 g/mol. The van der Waals surface area contributed by atoms with Crippen LogP contribution in [0.15, 0.2) is 18.2 Å². The van der Waals surface area contributed by atoms with Crippen LogP contribution in [0, 0.1) is 11.7 Å². The van der Waals surface area contributed by atoms with Crippen LogP contribution in [0.2, 0.25) is 0 Å². The molecule has 1 unspecified atom stereocenters. The van der Waals surface area contributed by atoms with Crippen LogP contribution < -0.4 is 16.0 Å². The predicted octanol–water partition coefficient (Wildman–Crippen LogP) is 2.76. The third-order valence-corrected chi connectivity index (χ3v) is 3.53. The van der Waals surface area contributed by atoms with Gasteiger partial charge in [-0.15, -0.1) is 0 Å². The monoisotopic (exact) mass is 309 g/mol. The molecule has 1 amide bonds. The smallest absolute Gasteiger partial charge is 0.407 e. The van der Waals surface area contributed by atoms with Crippen molar-refractivity contribution in [1.29, 1.82) is 0 Å². The summed E-state index contributed by atoms with van der Waals surface area (Å²) in [5, 5.41) is 2.78. The highest BCUT2D eigenvalue weighted by molar-refractivity contribution is 5.67. The standard InChI is InChI=1S/C16H24FN3O2/c1-16(2,3)22-15(21)19-9-11-6-7-20(10-11)14-5-4-12(18)8-13(14)17/h4-5,8,11H,6-7,9-10,18H2,1-3H3,(H,19,21). The maximum Gasteiger partial charge on any atom is 0.407 e. The number of nitrogens with two attached hydrogens (primary N) is 1. The second-order valence-corrected chi connectivity index (χ2v) is 6.69. The lowest BCUT2D eigenvalue weighted by Crippen LogP contribution is -2.36. The number of rotatable bonds is 3. The van der Waals surface area contributed by atoms with Crippen LogP contribution in [0.5, 0.6) is 0 Å². The summed E-state index contributed by atoms with van der Waals surface area (Å²) in [5.74, 6) is -0.0229. The van der Waals surface area contributed by atoms with Gasteiger partial charge in [-0.1, -0.05) is 0 Å². The zero-order chi connectivity index (χ0) is 16.3. The van der Waals surface area contributed by atoms with Gasteiger partial charge in [0.05, 0.1) is 5.69 Å². The van der Waals surface area contributed by atoms with Crippen molar-refractivity contribution in [3.63, 3.8) is 0 Å². The largest absolute Gasteiger partial charge is 0.444 e. The summed E-state index contributed by atoms with van der Waals surface area (Å²) < 4.78 is 19.1. The van der Waals surface area contributed by atoms with Crippen molar-refractivity contribution >= 4 is 17.5 Å². The number of nitrogens with one attached hydrogen (secondary N) is 1. The minimum atomic E-state index is -0.501. The Kier molecular flexibility index (Phi) is 4.78. The fourth-order valence-electron chi connectivity index (χ4n) is 2.54. The fraction of sp³-hybridized carbons (Fsp3) is 0.562. The summed E-state index contributed by atoms with van der Waals surface area (Å²) >= 11 is 0. The van der Waals surface area contributed by atoms with E-state index < -0.39 is 11.7 Å². The number of alkyl carbamates (subject to hydrolysis) is 1. The number of benzene rings is 1. The molecule has 1 heterocycles. The molecule has 0 saturated carbocycles. The Balaban J connectivity index is 1.84. The van der Waals surface area contributed by atoms with E-state index in [4.69, 9.17) is 10.5 Å². The molecule has 1 saturated heterocycles. The van der Waals surface area contributed by atoms with Crippen molar-refractivity contribution < 1.29 is 13.9 Å². The number of amides is 1. The Morgan fingerprint density at radius 1 is 1.50 bits per heavy atom. The Morgan fingerprint density at radius 2 is 2.23 bits per heavy atom. The first kappa shape index (κ1) is 16.4. The van der Waals surface area contributed by atoms with Gasteiger partial charge in [0.2, 0.25) is 0 Å². The molecule has 0 aliphatic carbocycles. The Bertz CT molecular complexity index is 543. The molecule has 1 atom stereocenters. The lowest BCUT2D eigenvalue weighted by Gasteiger charge is -2.21. The quantitative estimate of drug-likeness (QED) is 0.843. The number of carbonyl (C=O) groups excluding carboxylic acids is 1. The van der Waals surface area contributed by atoms with Gasteiger partial charge in [0.15, 0.2) is 0 Å². The predicted molar refractivity (Wildman–Crippen MR) is 85.4 cm³/mol. The zero-order valence-corrected chi connectivity index (χ0v) is 13.4. The number of carbonyl (C=O) groups is 1. The summed E-state index contributed by atoms with van der Waals surface area (Å²) in [6.45, 7) is 7.48. The van der Waals surface area contributed by atoms with Gasteiger partial charge in [0.1, 0.15) is 11.4 Å². The molecule has 6 heteroatoms. The Morgan fingerprint density at radius 3 is 2.86 bits per heavy atom. The SMILES string of the molecule is CC(C)(C)OC(=O)NCC1CCN(c2ccc(N)cc2F)C1. The number of anilines is 2. The fourth-order valence-corrected chi connectivity index (χ4v) is 2.54. The van der Waals surface area contributed by atoms with E-state index in [-0.39, 0.29) is 11.7 Å². The minimum Gasteiger partial charge on any atom is -0.444 e. The number of nitrogen functional groups attached to an aromatic ring is 1. The second kappa shape index (κ2) is 6.42. The van der Waals surface area contributed by atoms with Crippen molar-refractivity contribution in [3.8, 4) is 0 Å². The molecule has 0 aromatic heterocycles. The second-order valence-electron chi connectivity index (χ2n) is 6.69. The van der Waals surface area contributed by atoms with E-state index in [0.29, 0.717) is 24.5 Å². The normalized spacial score (nSPS) is 18.4. The summed E-state index contributed by atoms with van der Waals surface area (Å²) in [4.78, 5) is 13.6. The van der Waals surface area contributed by atoms with Gasteiger partial charge >= 0.3 is 6.09 Å². The van der Waals surface area contributed by atoms with Crippen LogP contribution >= 0.6 is 0 Å². The van der Waals surface area contributed by atoms with Gasteiger partial charge in [-0.25, -0.2) is 9.18 Å². The minimum absolute atomic E-state index is 0.282. The van der Waals surface area contributed by atoms with E-state index in [9.17, 15) is 9.18 Å². The van der Waals surface area contributed by atoms with Gasteiger partial charge < -0.3 is 20.7 Å². The van der Waals surface area contributed by atoms with Gasteiger partial charge in [0.25, 0.3) is 0 Å². The molecule has 122 valence electrons. The molecular formula is C16H24FN3O2. The molecule has 1 aliphatic heterocycles. The van der Waals surface area contributed by atoms with Crippen LogP contribution in [0.25, 0.3) is 0 Å². The molecule has 22 heavy (non-hydrogen) atoms. The number of hydrogen-bond donors (Lipinski definition) is 2. The van der Waals surface area contributed by atoms with Gasteiger partial charge in [-0.05, 0) is 51.3 Å². The van der Waals surface area contributed by atoms with Crippen molar-refractivity contribution in [2.45, 2.75) is 32.8 Å². The molecule has 0 spiro atoms. The first-order chi connectivity index (χ1) is 10.2. The maximum atomic E-state index is 13.9.